The number of fused-ring (bicyclic) bond motifs is 27. The fourth-order valence-corrected chi connectivity index (χ4v) is 23.8. The summed E-state index contributed by atoms with van der Waals surface area (Å²) in [5.74, 6) is 0. The van der Waals surface area contributed by atoms with Gasteiger partial charge < -0.3 is 32.8 Å². The van der Waals surface area contributed by atoms with Crippen LogP contribution in [-0.4, -0.2) is 43.6 Å². The van der Waals surface area contributed by atoms with Gasteiger partial charge in [-0.25, -0.2) is 0 Å². The highest BCUT2D eigenvalue weighted by Gasteiger charge is 2.35. The Bertz CT molecular complexity index is 9000. The summed E-state index contributed by atoms with van der Waals surface area (Å²) in [5, 5.41) is 15.1. The lowest BCUT2D eigenvalue weighted by molar-refractivity contribution is 0.673. The first-order chi connectivity index (χ1) is 67.0. The van der Waals surface area contributed by atoms with Crippen molar-refractivity contribution in [2.75, 3.05) is 14.7 Å². The monoisotopic (exact) mass is 1760 g/mol. The Labute approximate surface area is 780 Å². The summed E-state index contributed by atoms with van der Waals surface area (Å²) in [4.78, 5) is 33.9. The molecule has 0 fully saturated rings. The maximum absolute atomic E-state index is 6.58. The van der Waals surface area contributed by atoms with E-state index in [4.69, 9.17) is 4.42 Å². The van der Waals surface area contributed by atoms with Crippen molar-refractivity contribution < 1.29 is 4.42 Å². The summed E-state index contributed by atoms with van der Waals surface area (Å²) >= 11 is 3.77. The number of nitrogens with zero attached hydrogens (tertiary/aromatic N) is 12. The number of hydrogen-bond acceptors (Lipinski definition) is 12. The third kappa shape index (κ3) is 11.9. The van der Waals surface area contributed by atoms with E-state index in [0.29, 0.717) is 0 Å². The maximum Gasteiger partial charge on any atom is 0.145 e. The van der Waals surface area contributed by atoms with E-state index in [-0.39, 0.29) is 0 Å². The van der Waals surface area contributed by atoms with E-state index in [1.54, 1.807) is 0 Å². The van der Waals surface area contributed by atoms with Crippen LogP contribution in [0.4, 0.5) is 51.2 Å². The highest BCUT2D eigenvalue weighted by Crippen LogP contribution is 2.58. The van der Waals surface area contributed by atoms with E-state index in [9.17, 15) is 0 Å². The highest BCUT2D eigenvalue weighted by atomic mass is 32.1. The Kier molecular flexibility index (Phi) is 17.2. The molecule has 27 aromatic rings. The van der Waals surface area contributed by atoms with Gasteiger partial charge in [0.15, 0.2) is 0 Å². The standard InChI is InChI=1S/C40H24N4O.2C40H24N4S/c2*1-4-15-37-30(10-1)31-16-17-35-38(40(31)45-37)32-11-5-14-36-39(32)44(35)34-13-3-2-12-33(34)43(36)29-21-27(25-8-6-18-41-23-25)20-28(22-29)26-9-7-19-42-24-26;1-4-15-36-30(10-1)39-37(45-36)17-16-34-38(39)31-11-5-14-35-40(31)44(34)33-13-3-2-12-32(33)43(35)29-21-27(25-8-6-18-41-23-25)20-28(22-29)26-9-7-19-42-24-26/h3*1-24H. The van der Waals surface area contributed by atoms with Crippen LogP contribution in [0.3, 0.4) is 0 Å². The number of pyridine rings is 6. The van der Waals surface area contributed by atoms with Gasteiger partial charge in [-0.1, -0.05) is 170 Å². The summed E-state index contributed by atoms with van der Waals surface area (Å²) in [6.07, 6.45) is 22.5. The largest absolute Gasteiger partial charge is 0.455 e. The molecule has 135 heavy (non-hydrogen) atoms. The molecule has 3 aliphatic rings. The number of aromatic nitrogens is 9. The van der Waals surface area contributed by atoms with Crippen LogP contribution in [0.5, 0.6) is 0 Å². The molecule has 12 aromatic heterocycles. The van der Waals surface area contributed by atoms with E-state index < -0.39 is 0 Å². The van der Waals surface area contributed by atoms with Gasteiger partial charge >= 0.3 is 0 Å². The Hall–Kier alpha value is -17.8. The van der Waals surface area contributed by atoms with Crippen LogP contribution in [0.1, 0.15) is 0 Å². The summed E-state index contributed by atoms with van der Waals surface area (Å²) < 4.78 is 19.3. The number of thiophene rings is 2. The topological polar surface area (TPSA) is 115 Å². The predicted molar refractivity (Wildman–Crippen MR) is 560 cm³/mol. The van der Waals surface area contributed by atoms with Crippen LogP contribution in [0.15, 0.2) is 443 Å². The first kappa shape index (κ1) is 76.1. The van der Waals surface area contributed by atoms with Gasteiger partial charge in [-0.3, -0.25) is 29.9 Å². The van der Waals surface area contributed by atoms with Crippen molar-refractivity contribution in [1.29, 1.82) is 0 Å². The molecular weight excluding hydrogens is 1690 g/mol. The van der Waals surface area contributed by atoms with Gasteiger partial charge in [-0.2, -0.15) is 0 Å². The molecule has 13 nitrogen and oxygen atoms in total. The second-order valence-corrected chi connectivity index (χ2v) is 36.7. The number of benzene rings is 15. The third-order valence-electron chi connectivity index (χ3n) is 27.1. The predicted octanol–water partition coefficient (Wildman–Crippen LogP) is 32.7. The quantitative estimate of drug-likeness (QED) is 0.138. The molecule has 0 amide bonds. The number of anilines is 9. The van der Waals surface area contributed by atoms with Gasteiger partial charge in [-0.05, 0) is 228 Å². The second-order valence-electron chi connectivity index (χ2n) is 34.6. The zero-order valence-corrected chi connectivity index (χ0v) is 73.8. The smallest absolute Gasteiger partial charge is 0.145 e. The molecule has 0 bridgehead atoms. The minimum Gasteiger partial charge on any atom is -0.455 e. The van der Waals surface area contributed by atoms with Gasteiger partial charge in [0.25, 0.3) is 0 Å². The SMILES string of the molecule is c1cncc(-c2cc(-c3cccnc3)cc(N3c4ccccc4-n4c5ccc6c7ccccc7oc6c5c5cccc3c54)c2)c1.c1cncc(-c2cc(-c3cccnc3)cc(N3c4ccccc4-n4c5ccc6c7ccccc7sc6c5c5cccc3c54)c2)c1.c1cncc(-c2cc(-c3cccnc3)cc(N3c4ccccc4-n4c5ccc6sc7ccccc7c6c5c5cccc3c54)c2)c1. The number of furan rings is 1. The van der Waals surface area contributed by atoms with Gasteiger partial charge in [0.05, 0.1) is 89.7 Å². The third-order valence-corrected chi connectivity index (χ3v) is 29.5. The molecular formula is C120H72N12OS2. The lowest BCUT2D eigenvalue weighted by Gasteiger charge is -2.33. The van der Waals surface area contributed by atoms with Gasteiger partial charge in [0.2, 0.25) is 0 Å². The highest BCUT2D eigenvalue weighted by molar-refractivity contribution is 7.27. The summed E-state index contributed by atoms with van der Waals surface area (Å²) in [5.41, 5.74) is 35.7. The molecule has 15 heteroatoms. The van der Waals surface area contributed by atoms with Crippen LogP contribution >= 0.6 is 22.7 Å². The van der Waals surface area contributed by atoms with Gasteiger partial charge in [0.1, 0.15) is 11.2 Å². The summed E-state index contributed by atoms with van der Waals surface area (Å²) in [6, 6.07) is 131. The van der Waals surface area contributed by atoms with Crippen LogP contribution in [0.25, 0.3) is 212 Å². The van der Waals surface area contributed by atoms with Crippen molar-refractivity contribution in [3.63, 3.8) is 0 Å². The molecule has 0 saturated heterocycles. The van der Waals surface area contributed by atoms with Crippen molar-refractivity contribution in [2.45, 2.75) is 0 Å². The molecule has 0 unspecified atom stereocenters. The number of rotatable bonds is 9. The molecule has 0 saturated carbocycles. The maximum atomic E-state index is 6.58. The lowest BCUT2D eigenvalue weighted by atomic mass is 9.98. The van der Waals surface area contributed by atoms with E-state index >= 15 is 0 Å². The Morgan fingerprint density at radius 1 is 0.200 bits per heavy atom. The van der Waals surface area contributed by atoms with Crippen LogP contribution in [0.2, 0.25) is 0 Å². The second kappa shape index (κ2) is 30.4. The molecule has 0 N–H and O–H groups in total. The van der Waals surface area contributed by atoms with Crippen LogP contribution in [0, 0.1) is 0 Å². The first-order valence-electron chi connectivity index (χ1n) is 45.2. The van der Waals surface area contributed by atoms with Crippen molar-refractivity contribution in [1.82, 2.24) is 43.6 Å². The molecule has 630 valence electrons. The molecule has 15 heterocycles. The van der Waals surface area contributed by atoms with Crippen LogP contribution in [-0.2, 0) is 0 Å². The zero-order valence-electron chi connectivity index (χ0n) is 72.2. The van der Waals surface area contributed by atoms with E-state index in [1.165, 1.54) is 101 Å². The fourth-order valence-electron chi connectivity index (χ4n) is 21.4. The average molecular weight is 1760 g/mol. The molecule has 0 aliphatic carbocycles. The molecule has 3 aliphatic heterocycles. The fraction of sp³-hybridized carbons (Fsp3) is 0. The minimum atomic E-state index is 0.907. The number of para-hydroxylation sites is 10. The molecule has 30 rings (SSSR count). The van der Waals surface area contributed by atoms with Crippen molar-refractivity contribution in [2.24, 2.45) is 0 Å². The normalized spacial score (nSPS) is 12.4. The average Bonchev–Trinajstić information content (AvgIpc) is 1.54. The van der Waals surface area contributed by atoms with E-state index in [2.05, 4.69) is 380 Å². The lowest BCUT2D eigenvalue weighted by Crippen LogP contribution is -2.18. The molecule has 15 aromatic carbocycles. The van der Waals surface area contributed by atoms with E-state index in [1.807, 2.05) is 140 Å². The summed E-state index contributed by atoms with van der Waals surface area (Å²) in [6.45, 7) is 0. The Morgan fingerprint density at radius 2 is 0.526 bits per heavy atom. The molecule has 0 spiro atoms. The van der Waals surface area contributed by atoms with Crippen LogP contribution < -0.4 is 14.7 Å². The van der Waals surface area contributed by atoms with Gasteiger partial charge in [0, 0.05) is 203 Å². The Balaban J connectivity index is 0.000000101. The molecule has 0 atom stereocenters. The van der Waals surface area contributed by atoms with Gasteiger partial charge in [-0.15, -0.1) is 22.7 Å². The zero-order chi connectivity index (χ0) is 88.5. The minimum absolute atomic E-state index is 0.907. The molecule has 0 radical (unpaired) electrons. The number of hydrogen-bond donors (Lipinski definition) is 0. The van der Waals surface area contributed by atoms with Crippen molar-refractivity contribution in [3.05, 3.63) is 438 Å². The van der Waals surface area contributed by atoms with Crippen molar-refractivity contribution in [3.8, 4) is 83.8 Å². The van der Waals surface area contributed by atoms with E-state index in [0.717, 1.165) is 162 Å². The summed E-state index contributed by atoms with van der Waals surface area (Å²) in [7, 11) is 0. The Morgan fingerprint density at radius 3 is 0.948 bits per heavy atom. The first-order valence-corrected chi connectivity index (χ1v) is 46.8. The van der Waals surface area contributed by atoms with Crippen molar-refractivity contribution >= 4 is 202 Å².